The van der Waals surface area contributed by atoms with E-state index in [4.69, 9.17) is 4.74 Å². The van der Waals surface area contributed by atoms with Crippen molar-refractivity contribution in [1.82, 2.24) is 9.80 Å². The normalized spacial score (nSPS) is 24.9. The molecule has 0 saturated carbocycles. The smallest absolute Gasteiger partial charge is 0.378 e. The molecule has 0 aliphatic carbocycles. The van der Waals surface area contributed by atoms with Crippen molar-refractivity contribution in [3.05, 3.63) is 35.4 Å². The molecule has 0 bridgehead atoms. The van der Waals surface area contributed by atoms with E-state index in [9.17, 15) is 18.0 Å². The van der Waals surface area contributed by atoms with Gasteiger partial charge in [0.05, 0.1) is 30.4 Å². The van der Waals surface area contributed by atoms with Gasteiger partial charge in [-0.1, -0.05) is 25.5 Å². The second-order valence-electron chi connectivity index (χ2n) is 6.67. The lowest BCUT2D eigenvalue weighted by molar-refractivity contribution is -0.138. The molecule has 3 rings (SSSR count). The number of fused-ring (bicyclic) bond motifs is 1. The number of ether oxygens (including phenoxy) is 1. The third kappa shape index (κ3) is 3.82. The van der Waals surface area contributed by atoms with Crippen LogP contribution in [0.15, 0.2) is 24.3 Å². The Morgan fingerprint density at radius 2 is 2.00 bits per heavy atom. The molecule has 138 valence electrons. The second kappa shape index (κ2) is 7.33. The van der Waals surface area contributed by atoms with Gasteiger partial charge in [0.2, 0.25) is 0 Å². The Labute approximate surface area is 145 Å². The van der Waals surface area contributed by atoms with Crippen molar-refractivity contribution in [3.8, 4) is 0 Å². The molecular formula is C18H23F3N2O2. The van der Waals surface area contributed by atoms with E-state index < -0.39 is 17.6 Å². The number of morpholine rings is 1. The lowest BCUT2D eigenvalue weighted by Crippen LogP contribution is -2.62. The average molecular weight is 356 g/mol. The lowest BCUT2D eigenvalue weighted by Gasteiger charge is -2.48. The summed E-state index contributed by atoms with van der Waals surface area (Å²) in [5.41, 5.74) is -1.14. The van der Waals surface area contributed by atoms with Crippen molar-refractivity contribution in [2.75, 3.05) is 32.8 Å². The zero-order valence-electron chi connectivity index (χ0n) is 14.3. The molecular weight excluding hydrogens is 333 g/mol. The monoisotopic (exact) mass is 356 g/mol. The maximum Gasteiger partial charge on any atom is 0.417 e. The highest BCUT2D eigenvalue weighted by molar-refractivity contribution is 5.96. The van der Waals surface area contributed by atoms with E-state index in [1.54, 1.807) is 0 Å². The number of piperazine rings is 1. The molecule has 2 aliphatic rings. The summed E-state index contributed by atoms with van der Waals surface area (Å²) in [6.07, 6.45) is -2.45. The third-order valence-electron chi connectivity index (χ3n) is 4.99. The fourth-order valence-corrected chi connectivity index (χ4v) is 3.79. The quantitative estimate of drug-likeness (QED) is 0.835. The highest BCUT2D eigenvalue weighted by Gasteiger charge is 2.39. The number of nitrogens with zero attached hydrogens (tertiary/aromatic N) is 2. The Hall–Kier alpha value is -1.60. The van der Waals surface area contributed by atoms with Crippen LogP contribution in [0.4, 0.5) is 13.2 Å². The molecule has 0 N–H and O–H groups in total. The van der Waals surface area contributed by atoms with Gasteiger partial charge in [-0.25, -0.2) is 0 Å². The Bertz CT molecular complexity index is 619. The first-order valence-electron chi connectivity index (χ1n) is 8.70. The maximum absolute atomic E-state index is 13.2. The van der Waals surface area contributed by atoms with Gasteiger partial charge in [-0.3, -0.25) is 9.69 Å². The van der Waals surface area contributed by atoms with Gasteiger partial charge < -0.3 is 9.64 Å². The Morgan fingerprint density at radius 1 is 1.24 bits per heavy atom. The topological polar surface area (TPSA) is 32.8 Å². The fourth-order valence-electron chi connectivity index (χ4n) is 3.79. The van der Waals surface area contributed by atoms with Gasteiger partial charge in [-0.15, -0.1) is 0 Å². The van der Waals surface area contributed by atoms with Crippen molar-refractivity contribution in [2.45, 2.75) is 38.0 Å². The number of alkyl halides is 3. The van der Waals surface area contributed by atoms with Gasteiger partial charge in [-0.05, 0) is 18.6 Å². The largest absolute Gasteiger partial charge is 0.417 e. The van der Waals surface area contributed by atoms with E-state index in [-0.39, 0.29) is 11.6 Å². The van der Waals surface area contributed by atoms with E-state index in [0.717, 1.165) is 18.9 Å². The number of amides is 1. The number of hydrogen-bond donors (Lipinski definition) is 0. The first-order valence-corrected chi connectivity index (χ1v) is 8.70. The van der Waals surface area contributed by atoms with Crippen molar-refractivity contribution in [2.24, 2.45) is 0 Å². The van der Waals surface area contributed by atoms with Gasteiger partial charge in [0, 0.05) is 25.7 Å². The van der Waals surface area contributed by atoms with Crippen molar-refractivity contribution < 1.29 is 22.7 Å². The van der Waals surface area contributed by atoms with E-state index in [0.29, 0.717) is 38.9 Å². The second-order valence-corrected chi connectivity index (χ2v) is 6.67. The number of rotatable bonds is 3. The predicted octanol–water partition coefficient (Wildman–Crippen LogP) is 3.03. The summed E-state index contributed by atoms with van der Waals surface area (Å²) >= 11 is 0. The lowest BCUT2D eigenvalue weighted by atomic mass is 10.0. The summed E-state index contributed by atoms with van der Waals surface area (Å²) in [5.74, 6) is -0.551. The molecule has 4 nitrogen and oxygen atoms in total. The van der Waals surface area contributed by atoms with Gasteiger partial charge >= 0.3 is 6.18 Å². The Kier molecular flexibility index (Phi) is 5.34. The number of carbonyl (C=O) groups is 1. The highest BCUT2D eigenvalue weighted by Crippen LogP contribution is 2.33. The van der Waals surface area contributed by atoms with E-state index in [1.807, 2.05) is 0 Å². The van der Waals surface area contributed by atoms with Crippen LogP contribution in [0.25, 0.3) is 0 Å². The number of halogens is 3. The van der Waals surface area contributed by atoms with Crippen LogP contribution in [-0.4, -0.2) is 60.6 Å². The fraction of sp³-hybridized carbons (Fsp3) is 0.611. The minimum Gasteiger partial charge on any atom is -0.378 e. The Balaban J connectivity index is 1.75. The minimum absolute atomic E-state index is 0.0565. The van der Waals surface area contributed by atoms with Crippen LogP contribution in [0, 0.1) is 0 Å². The molecule has 1 aromatic carbocycles. The van der Waals surface area contributed by atoms with E-state index in [1.165, 1.54) is 23.1 Å². The summed E-state index contributed by atoms with van der Waals surface area (Å²) in [5, 5.41) is 0. The zero-order chi connectivity index (χ0) is 18.0. The van der Waals surface area contributed by atoms with Gasteiger partial charge in [0.1, 0.15) is 0 Å². The van der Waals surface area contributed by atoms with Gasteiger partial charge in [0.15, 0.2) is 0 Å². The van der Waals surface area contributed by atoms with Crippen molar-refractivity contribution in [3.63, 3.8) is 0 Å². The summed E-state index contributed by atoms with van der Waals surface area (Å²) in [6, 6.07) is 5.39. The first kappa shape index (κ1) is 18.2. The molecule has 0 spiro atoms. The molecule has 2 heterocycles. The molecule has 7 heteroatoms. The summed E-state index contributed by atoms with van der Waals surface area (Å²) in [6.45, 7) is 4.86. The molecule has 0 unspecified atom stereocenters. The molecule has 1 amide bonds. The number of benzene rings is 1. The Morgan fingerprint density at radius 3 is 2.72 bits per heavy atom. The third-order valence-corrected chi connectivity index (χ3v) is 4.99. The standard InChI is InChI=1S/C18H23F3N2O2/c1-2-5-13-11-25-12-14-10-22(8-9-23(13)14)17(24)15-6-3-4-7-16(15)18(19,20)21/h3-4,6-7,13-14H,2,5,8-12H2,1H3/t13-,14+/m0/s1. The van der Waals surface area contributed by atoms with Crippen LogP contribution in [-0.2, 0) is 10.9 Å². The van der Waals surface area contributed by atoms with E-state index >= 15 is 0 Å². The van der Waals surface area contributed by atoms with Crippen LogP contribution in [0.5, 0.6) is 0 Å². The van der Waals surface area contributed by atoms with Crippen molar-refractivity contribution >= 4 is 5.91 Å². The summed E-state index contributed by atoms with van der Waals surface area (Å²) in [4.78, 5) is 16.6. The molecule has 2 saturated heterocycles. The van der Waals surface area contributed by atoms with E-state index in [2.05, 4.69) is 11.8 Å². The van der Waals surface area contributed by atoms with Gasteiger partial charge in [-0.2, -0.15) is 13.2 Å². The van der Waals surface area contributed by atoms with Gasteiger partial charge in [0.25, 0.3) is 5.91 Å². The molecule has 0 aromatic heterocycles. The minimum atomic E-state index is -4.53. The van der Waals surface area contributed by atoms with Crippen molar-refractivity contribution in [1.29, 1.82) is 0 Å². The number of hydrogen-bond acceptors (Lipinski definition) is 3. The zero-order valence-corrected chi connectivity index (χ0v) is 14.3. The predicted molar refractivity (Wildman–Crippen MR) is 87.4 cm³/mol. The van der Waals surface area contributed by atoms with Crippen LogP contribution in [0.1, 0.15) is 35.7 Å². The van der Waals surface area contributed by atoms with Crippen LogP contribution in [0.2, 0.25) is 0 Å². The maximum atomic E-state index is 13.2. The molecule has 2 fully saturated rings. The number of carbonyl (C=O) groups excluding carboxylic acids is 1. The summed E-state index contributed by atoms with van der Waals surface area (Å²) < 4.78 is 45.2. The SMILES string of the molecule is CCC[C@H]1COC[C@H]2CN(C(=O)c3ccccc3C(F)(F)F)CCN12. The molecule has 2 aliphatic heterocycles. The molecule has 1 aromatic rings. The first-order chi connectivity index (χ1) is 11.9. The highest BCUT2D eigenvalue weighted by atomic mass is 19.4. The van der Waals surface area contributed by atoms with Crippen LogP contribution >= 0.6 is 0 Å². The summed E-state index contributed by atoms with van der Waals surface area (Å²) in [7, 11) is 0. The van der Waals surface area contributed by atoms with Crippen LogP contribution < -0.4 is 0 Å². The van der Waals surface area contributed by atoms with Crippen LogP contribution in [0.3, 0.4) is 0 Å². The molecule has 25 heavy (non-hydrogen) atoms. The average Bonchev–Trinajstić information content (AvgIpc) is 2.60. The molecule has 0 radical (unpaired) electrons. The molecule has 2 atom stereocenters.